The van der Waals surface area contributed by atoms with Crippen molar-refractivity contribution in [1.82, 2.24) is 0 Å². The van der Waals surface area contributed by atoms with Crippen LogP contribution in [0.15, 0.2) is 0 Å². The monoisotopic (exact) mass is 594 g/mol. The molecule has 2 fully saturated rings. The summed E-state index contributed by atoms with van der Waals surface area (Å²) in [6, 6.07) is 0. The van der Waals surface area contributed by atoms with E-state index in [1.807, 2.05) is 0 Å². The maximum Gasteiger partial charge on any atom is 0.397 e. The van der Waals surface area contributed by atoms with Crippen LogP contribution in [0.1, 0.15) is 6.92 Å². The Bertz CT molecular complexity index is 730. The Morgan fingerprint density at radius 1 is 0.889 bits per heavy atom. The van der Waals surface area contributed by atoms with Crippen LogP contribution in [0.4, 0.5) is 0 Å². The molecular formula is C14H26O19S3. The largest absolute Gasteiger partial charge is 0.397 e. The fourth-order valence-electron chi connectivity index (χ4n) is 3.55. The molecule has 0 aromatic rings. The minimum absolute atomic E-state index is 0.125. The second kappa shape index (κ2) is 15.5. The zero-order valence-corrected chi connectivity index (χ0v) is 20.9. The maximum atomic E-state index is 11.1. The van der Waals surface area contributed by atoms with Crippen LogP contribution in [-0.4, -0.2) is 120 Å². The van der Waals surface area contributed by atoms with Crippen molar-refractivity contribution in [1.29, 1.82) is 0 Å². The van der Waals surface area contributed by atoms with E-state index in [4.69, 9.17) is 42.4 Å². The van der Waals surface area contributed by atoms with Crippen LogP contribution in [0, 0.1) is 0 Å². The van der Waals surface area contributed by atoms with Gasteiger partial charge < -0.3 is 34.3 Å². The number of aliphatic hydroxyl groups is 3. The van der Waals surface area contributed by atoms with Crippen LogP contribution >= 0.6 is 24.6 Å². The molecule has 0 spiro atoms. The number of aliphatic hydroxyl groups excluding tert-OH is 3. The summed E-state index contributed by atoms with van der Waals surface area (Å²) in [5.41, 5.74) is 0. The molecule has 0 aliphatic carbocycles. The molecule has 4 unspecified atom stereocenters. The lowest BCUT2D eigenvalue weighted by atomic mass is 9.95. The Labute approximate surface area is 212 Å². The highest BCUT2D eigenvalue weighted by Gasteiger charge is 2.52. The highest BCUT2D eigenvalue weighted by atomic mass is 32.3. The summed E-state index contributed by atoms with van der Waals surface area (Å²) in [5, 5.41) is 54.6. The van der Waals surface area contributed by atoms with Crippen LogP contribution in [0.3, 0.4) is 0 Å². The van der Waals surface area contributed by atoms with Gasteiger partial charge in [0.1, 0.15) is 48.8 Å². The summed E-state index contributed by atoms with van der Waals surface area (Å²) in [6.45, 7) is -0.0895. The Kier molecular flexibility index (Phi) is 13.9. The lowest BCUT2D eigenvalue weighted by molar-refractivity contribution is -0.435. The Morgan fingerprint density at radius 2 is 1.50 bits per heavy atom. The van der Waals surface area contributed by atoms with Crippen molar-refractivity contribution in [3.05, 3.63) is 0 Å². The third-order valence-electron chi connectivity index (χ3n) is 5.05. The molecule has 0 bridgehead atoms. The van der Waals surface area contributed by atoms with Crippen molar-refractivity contribution in [2.24, 2.45) is 0 Å². The molecular weight excluding hydrogens is 568 g/mol. The van der Waals surface area contributed by atoms with Gasteiger partial charge >= 0.3 is 10.4 Å². The zero-order chi connectivity index (χ0) is 26.9. The molecule has 6 N–H and O–H groups in total. The van der Waals surface area contributed by atoms with E-state index in [-0.39, 0.29) is 24.6 Å². The minimum atomic E-state index is -4.91. The average Bonchev–Trinajstić information content (AvgIpc) is 2.82. The molecule has 19 nitrogen and oxygen atoms in total. The number of methoxy groups -OCH3 is 1. The van der Waals surface area contributed by atoms with Gasteiger partial charge in [0.2, 0.25) is 0 Å². The number of ether oxygens (including phenoxy) is 4. The standard InChI is InChI=1S/C14H26O19S3/c1-5-10(28-34-32-30-18)8(16)11(7(25-5)4-24-36(20,21)22)27-14-9(17)13(23-2)12(6(3-15)26-14)29-35-33-31-19/h5-19H,3-4H2,1-2H3,(H,20,21,22)/t5-,6?,7?,8?,9-,10+,11+,12+,13?,14-/m0/s1. The lowest BCUT2D eigenvalue weighted by Crippen LogP contribution is -2.64. The zero-order valence-electron chi connectivity index (χ0n) is 18.4. The topological polar surface area (TPSA) is 257 Å². The van der Waals surface area contributed by atoms with Crippen LogP contribution in [0.2, 0.25) is 0 Å². The summed E-state index contributed by atoms with van der Waals surface area (Å²) < 4.78 is 76.0. The van der Waals surface area contributed by atoms with Gasteiger partial charge in [0.05, 0.1) is 19.3 Å². The van der Waals surface area contributed by atoms with Crippen LogP contribution < -0.4 is 0 Å². The molecule has 0 aromatic carbocycles. The van der Waals surface area contributed by atoms with E-state index in [2.05, 4.69) is 22.9 Å². The normalized spacial score (nSPS) is 37.8. The third-order valence-corrected chi connectivity index (χ3v) is 6.32. The first-order valence-corrected chi connectivity index (χ1v) is 12.5. The smallest absolute Gasteiger partial charge is 0.394 e. The molecule has 2 aliphatic rings. The highest BCUT2D eigenvalue weighted by molar-refractivity contribution is 7.89. The first-order valence-electron chi connectivity index (χ1n) is 9.76. The molecule has 36 heavy (non-hydrogen) atoms. The second-order valence-corrected chi connectivity index (χ2v) is 9.16. The number of rotatable bonds is 15. The Morgan fingerprint density at radius 3 is 2.03 bits per heavy atom. The predicted molar refractivity (Wildman–Crippen MR) is 110 cm³/mol. The van der Waals surface area contributed by atoms with Gasteiger partial charge in [0.15, 0.2) is 30.9 Å². The SMILES string of the molecule is COC1[C@H](OSOOO)C(CO)O[C@@H](O[C@@H]2C(COS(=O)(=O)O)O[C@@H](C)[C@@H](OSOOO)C2O)[C@H]1O. The molecule has 0 saturated carbocycles. The fraction of sp³-hybridized carbons (Fsp3) is 1.00. The minimum Gasteiger partial charge on any atom is -0.394 e. The summed E-state index contributed by atoms with van der Waals surface area (Å²) in [6.07, 6.45) is -13.7. The molecule has 22 heteroatoms. The van der Waals surface area contributed by atoms with Gasteiger partial charge in [-0.15, -0.1) is 8.67 Å². The number of hydrogen-bond donors (Lipinski definition) is 6. The van der Waals surface area contributed by atoms with Gasteiger partial charge in [-0.2, -0.15) is 8.42 Å². The van der Waals surface area contributed by atoms with Crippen molar-refractivity contribution in [3.8, 4) is 0 Å². The van der Waals surface area contributed by atoms with Gasteiger partial charge in [-0.25, -0.2) is 14.7 Å². The van der Waals surface area contributed by atoms with Crippen molar-refractivity contribution < 1.29 is 89.0 Å². The van der Waals surface area contributed by atoms with E-state index in [1.54, 1.807) is 0 Å². The van der Waals surface area contributed by atoms with E-state index in [1.165, 1.54) is 14.0 Å². The van der Waals surface area contributed by atoms with E-state index >= 15 is 0 Å². The molecule has 2 aliphatic heterocycles. The van der Waals surface area contributed by atoms with Crippen molar-refractivity contribution in [2.45, 2.75) is 68.1 Å². The Hall–Kier alpha value is -0.0300. The average molecular weight is 595 g/mol. The van der Waals surface area contributed by atoms with Crippen molar-refractivity contribution in [2.75, 3.05) is 20.3 Å². The van der Waals surface area contributed by atoms with E-state index in [0.29, 0.717) is 0 Å². The predicted octanol–water partition coefficient (Wildman–Crippen LogP) is -1.83. The molecule has 0 aromatic heterocycles. The number of hydrogen-bond acceptors (Lipinski definition) is 20. The first-order chi connectivity index (χ1) is 17.1. The summed E-state index contributed by atoms with van der Waals surface area (Å²) in [7, 11) is -3.71. The van der Waals surface area contributed by atoms with Gasteiger partial charge in [0.25, 0.3) is 0 Å². The molecule has 0 amide bonds. The van der Waals surface area contributed by atoms with E-state index in [9.17, 15) is 23.7 Å². The first kappa shape index (κ1) is 32.2. The quantitative estimate of drug-likeness (QED) is 0.0400. The summed E-state index contributed by atoms with van der Waals surface area (Å²) >= 11 is 0.271. The third kappa shape index (κ3) is 9.02. The van der Waals surface area contributed by atoms with Gasteiger partial charge in [-0.1, -0.05) is 10.1 Å². The van der Waals surface area contributed by atoms with Crippen molar-refractivity contribution in [3.63, 3.8) is 0 Å². The van der Waals surface area contributed by atoms with Crippen LogP contribution in [0.25, 0.3) is 0 Å². The molecule has 10 atom stereocenters. The van der Waals surface area contributed by atoms with Crippen LogP contribution in [-0.2, 0) is 60.6 Å². The fourth-order valence-corrected chi connectivity index (χ4v) is 4.65. The molecule has 2 heterocycles. The molecule has 0 radical (unpaired) electrons. The Balaban J connectivity index is 2.23. The molecule has 2 rings (SSSR count). The molecule has 214 valence electrons. The van der Waals surface area contributed by atoms with Gasteiger partial charge in [-0.05, 0) is 6.92 Å². The summed E-state index contributed by atoms with van der Waals surface area (Å²) in [4.78, 5) is 0. The lowest BCUT2D eigenvalue weighted by Gasteiger charge is -2.47. The van der Waals surface area contributed by atoms with Crippen LogP contribution in [0.5, 0.6) is 0 Å². The second-order valence-electron chi connectivity index (χ2n) is 7.14. The van der Waals surface area contributed by atoms with Crippen molar-refractivity contribution >= 4 is 35.0 Å². The highest BCUT2D eigenvalue weighted by Crippen LogP contribution is 2.34. The van der Waals surface area contributed by atoms with Gasteiger partial charge in [-0.3, -0.25) is 12.9 Å². The van der Waals surface area contributed by atoms with E-state index in [0.717, 1.165) is 0 Å². The maximum absolute atomic E-state index is 11.1. The van der Waals surface area contributed by atoms with Gasteiger partial charge in [0, 0.05) is 7.11 Å². The summed E-state index contributed by atoms with van der Waals surface area (Å²) in [5.74, 6) is 0. The van der Waals surface area contributed by atoms with E-state index < -0.39 is 84.8 Å². The molecule has 2 saturated heterocycles.